The van der Waals surface area contributed by atoms with Crippen molar-refractivity contribution in [1.29, 1.82) is 0 Å². The molecule has 16 heteroatoms. The lowest BCUT2D eigenvalue weighted by Gasteiger charge is -2.30. The van der Waals surface area contributed by atoms with E-state index in [1.165, 1.54) is 186 Å². The van der Waals surface area contributed by atoms with Crippen molar-refractivity contribution in [2.24, 2.45) is 0 Å². The van der Waals surface area contributed by atoms with E-state index >= 15 is 0 Å². The predicted molar refractivity (Wildman–Crippen MR) is 317 cm³/mol. The van der Waals surface area contributed by atoms with Gasteiger partial charge < -0.3 is 52.3 Å². The van der Waals surface area contributed by atoms with E-state index in [-0.39, 0.29) is 52.2 Å². The molecular formula is C63H118N2O14. The zero-order chi connectivity index (χ0) is 58.0. The number of amides is 2. The van der Waals surface area contributed by atoms with Crippen molar-refractivity contribution in [3.8, 4) is 0 Å². The van der Waals surface area contributed by atoms with Crippen LogP contribution in [0.2, 0.25) is 0 Å². The highest BCUT2D eigenvalue weighted by Gasteiger charge is 2.31. The monoisotopic (exact) mass is 1130 g/mol. The summed E-state index contributed by atoms with van der Waals surface area (Å²) < 4.78 is 56.1. The SMILES string of the molecule is CCCCCCCC/C=C\CCCCCCCCOCC(COCCOCCOCCOCCOC(=O)CN(C=O)CCOC(=O)C(C)N(CCOC)C(=O)OC(C)(C)C)OCCCCCCCC/C=C\CCCCCCCC. The number of esters is 2. The quantitative estimate of drug-likeness (QED) is 0.0185. The van der Waals surface area contributed by atoms with Gasteiger partial charge in [-0.25, -0.2) is 9.59 Å². The fourth-order valence-corrected chi connectivity index (χ4v) is 8.34. The molecule has 79 heavy (non-hydrogen) atoms. The summed E-state index contributed by atoms with van der Waals surface area (Å²) in [4.78, 5) is 51.6. The van der Waals surface area contributed by atoms with Gasteiger partial charge in [0, 0.05) is 26.9 Å². The van der Waals surface area contributed by atoms with Crippen LogP contribution in [0.3, 0.4) is 0 Å². The maximum absolute atomic E-state index is 12.7. The summed E-state index contributed by atoms with van der Waals surface area (Å²) in [6, 6.07) is -0.969. The number of ether oxygens (including phenoxy) is 10. The predicted octanol–water partition coefficient (Wildman–Crippen LogP) is 13.3. The van der Waals surface area contributed by atoms with E-state index in [0.29, 0.717) is 59.3 Å². The van der Waals surface area contributed by atoms with E-state index < -0.39 is 29.7 Å². The topological polar surface area (TPSA) is 167 Å². The second-order valence-electron chi connectivity index (χ2n) is 21.7. The van der Waals surface area contributed by atoms with Crippen molar-refractivity contribution >= 4 is 24.4 Å². The average molecular weight is 1130 g/mol. The Balaban J connectivity index is 4.30. The number of carbonyl (C=O) groups excluding carboxylic acids is 4. The van der Waals surface area contributed by atoms with Gasteiger partial charge in [0.15, 0.2) is 0 Å². The van der Waals surface area contributed by atoms with Crippen molar-refractivity contribution in [3.63, 3.8) is 0 Å². The first-order chi connectivity index (χ1) is 38.5. The zero-order valence-corrected chi connectivity index (χ0v) is 51.5. The molecule has 464 valence electrons. The largest absolute Gasteiger partial charge is 0.462 e. The van der Waals surface area contributed by atoms with Gasteiger partial charge in [0.25, 0.3) is 0 Å². The number of unbranched alkanes of at least 4 members (excludes halogenated alkanes) is 24. The van der Waals surface area contributed by atoms with E-state index in [1.807, 2.05) is 0 Å². The van der Waals surface area contributed by atoms with Crippen molar-refractivity contribution in [2.75, 3.05) is 119 Å². The van der Waals surface area contributed by atoms with Gasteiger partial charge in [-0.2, -0.15) is 0 Å². The number of rotatable bonds is 60. The van der Waals surface area contributed by atoms with Crippen molar-refractivity contribution in [2.45, 2.75) is 239 Å². The van der Waals surface area contributed by atoms with Crippen molar-refractivity contribution in [1.82, 2.24) is 9.80 Å². The van der Waals surface area contributed by atoms with E-state index in [4.69, 9.17) is 47.4 Å². The van der Waals surface area contributed by atoms with Gasteiger partial charge in [-0.3, -0.25) is 14.5 Å². The fraction of sp³-hybridized carbons (Fsp3) is 0.873. The highest BCUT2D eigenvalue weighted by molar-refractivity contribution is 5.81. The molecule has 2 unspecified atom stereocenters. The molecule has 0 radical (unpaired) electrons. The molecular weight excluding hydrogens is 1010 g/mol. The lowest BCUT2D eigenvalue weighted by atomic mass is 10.1. The third kappa shape index (κ3) is 53.9. The average Bonchev–Trinajstić information content (AvgIpc) is 3.42. The molecule has 0 heterocycles. The molecule has 0 fully saturated rings. The van der Waals surface area contributed by atoms with E-state index in [2.05, 4.69) is 38.2 Å². The van der Waals surface area contributed by atoms with Crippen LogP contribution in [-0.4, -0.2) is 171 Å². The molecule has 0 aromatic carbocycles. The Hall–Kier alpha value is -3.12. The highest BCUT2D eigenvalue weighted by Crippen LogP contribution is 2.15. The molecule has 0 aliphatic carbocycles. The molecule has 0 aromatic heterocycles. The Morgan fingerprint density at radius 1 is 0.468 bits per heavy atom. The smallest absolute Gasteiger partial charge is 0.411 e. The van der Waals surface area contributed by atoms with Crippen molar-refractivity contribution in [3.05, 3.63) is 24.3 Å². The first-order valence-corrected chi connectivity index (χ1v) is 31.3. The highest BCUT2D eigenvalue weighted by atomic mass is 16.6. The maximum atomic E-state index is 12.7. The summed E-state index contributed by atoms with van der Waals surface area (Å²) in [6.45, 7) is 16.0. The van der Waals surface area contributed by atoms with Gasteiger partial charge in [0.05, 0.1) is 72.6 Å². The number of allylic oxidation sites excluding steroid dienone is 4. The first-order valence-electron chi connectivity index (χ1n) is 31.3. The van der Waals surface area contributed by atoms with Gasteiger partial charge in [0.1, 0.15) is 37.5 Å². The van der Waals surface area contributed by atoms with Gasteiger partial charge in [0.2, 0.25) is 6.41 Å². The van der Waals surface area contributed by atoms with Crippen LogP contribution in [0, 0.1) is 0 Å². The summed E-state index contributed by atoms with van der Waals surface area (Å²) in [5.41, 5.74) is -0.758. The standard InChI is InChI=1S/C63H118N2O14/c1-8-10-12-14-16-18-20-22-24-26-28-30-32-34-36-38-42-74-55-59(76-43-39-37-35-33-31-29-27-25-23-21-19-17-15-13-11-9-2)56-75-51-50-72-47-46-71-48-49-73-52-53-77-60(67)54-64(57-66)40-45-78-61(68)58(3)65(41-44-70-7)62(69)79-63(4,5)6/h22-25,57-59H,8-21,26-56H2,1-7H3/b24-22-,25-23-. The van der Waals surface area contributed by atoms with Gasteiger partial charge in [-0.1, -0.05) is 154 Å². The number of methoxy groups -OCH3 is 1. The molecule has 0 spiro atoms. The molecule has 0 aromatic rings. The van der Waals surface area contributed by atoms with Gasteiger partial charge >= 0.3 is 18.0 Å². The molecule has 2 amide bonds. The third-order valence-corrected chi connectivity index (χ3v) is 13.1. The minimum atomic E-state index is -0.969. The molecule has 0 saturated carbocycles. The Morgan fingerprint density at radius 3 is 1.34 bits per heavy atom. The van der Waals surface area contributed by atoms with Crippen LogP contribution in [0.1, 0.15) is 221 Å². The van der Waals surface area contributed by atoms with E-state index in [1.54, 1.807) is 20.8 Å². The molecule has 16 nitrogen and oxygen atoms in total. The Labute approximate surface area is 481 Å². The molecule has 0 N–H and O–H groups in total. The van der Waals surface area contributed by atoms with Crippen LogP contribution >= 0.6 is 0 Å². The van der Waals surface area contributed by atoms with E-state index in [9.17, 15) is 19.2 Å². The third-order valence-electron chi connectivity index (χ3n) is 13.1. The Kier molecular flexibility index (Phi) is 55.8. The number of hydrogen-bond donors (Lipinski definition) is 0. The molecule has 2 atom stereocenters. The Bertz CT molecular complexity index is 1430. The maximum Gasteiger partial charge on any atom is 0.411 e. The second kappa shape index (κ2) is 58.1. The summed E-state index contributed by atoms with van der Waals surface area (Å²) >= 11 is 0. The zero-order valence-electron chi connectivity index (χ0n) is 51.5. The van der Waals surface area contributed by atoms with Crippen LogP contribution in [0.25, 0.3) is 0 Å². The number of carbonyl (C=O) groups is 4. The number of hydrogen-bond acceptors (Lipinski definition) is 14. The molecule has 0 aliphatic heterocycles. The molecule has 0 saturated heterocycles. The minimum Gasteiger partial charge on any atom is -0.462 e. The van der Waals surface area contributed by atoms with Gasteiger partial charge in [-0.15, -0.1) is 0 Å². The van der Waals surface area contributed by atoms with E-state index in [0.717, 1.165) is 31.0 Å². The van der Waals surface area contributed by atoms with Gasteiger partial charge in [-0.05, 0) is 91.9 Å². The van der Waals surface area contributed by atoms with Crippen LogP contribution in [-0.2, 0) is 61.8 Å². The molecule has 0 aliphatic rings. The van der Waals surface area contributed by atoms with Crippen LogP contribution in [0.5, 0.6) is 0 Å². The van der Waals surface area contributed by atoms with Crippen LogP contribution in [0.15, 0.2) is 24.3 Å². The summed E-state index contributed by atoms with van der Waals surface area (Å²) in [5.74, 6) is -1.33. The summed E-state index contributed by atoms with van der Waals surface area (Å²) in [7, 11) is 1.48. The van der Waals surface area contributed by atoms with Crippen molar-refractivity contribution < 1.29 is 66.5 Å². The summed E-state index contributed by atoms with van der Waals surface area (Å²) in [5, 5.41) is 0. The lowest BCUT2D eigenvalue weighted by molar-refractivity contribution is -0.151. The normalized spacial score (nSPS) is 12.6. The lowest BCUT2D eigenvalue weighted by Crippen LogP contribution is -2.48. The number of nitrogens with zero attached hydrogens (tertiary/aromatic N) is 2. The van der Waals surface area contributed by atoms with Crippen LogP contribution in [0.4, 0.5) is 4.79 Å². The molecule has 0 rings (SSSR count). The minimum absolute atomic E-state index is 0.00297. The van der Waals surface area contributed by atoms with Crippen LogP contribution < -0.4 is 0 Å². The fourth-order valence-electron chi connectivity index (χ4n) is 8.34. The summed E-state index contributed by atoms with van der Waals surface area (Å²) in [6.07, 6.45) is 45.3. The Morgan fingerprint density at radius 2 is 0.886 bits per heavy atom. The first kappa shape index (κ1) is 75.9. The second-order valence-corrected chi connectivity index (χ2v) is 21.7. The molecule has 0 bridgehead atoms.